The van der Waals surface area contributed by atoms with Crippen LogP contribution in [0.2, 0.25) is 0 Å². The molecule has 0 aliphatic carbocycles. The summed E-state index contributed by atoms with van der Waals surface area (Å²) in [7, 11) is -3.74. The summed E-state index contributed by atoms with van der Waals surface area (Å²) >= 11 is 0. The molecular formula is C21H21FN2O3S. The van der Waals surface area contributed by atoms with Gasteiger partial charge in [-0.2, -0.15) is 0 Å². The molecule has 0 heterocycles. The first kappa shape index (κ1) is 19.8. The molecule has 0 fully saturated rings. The molecule has 0 spiro atoms. The van der Waals surface area contributed by atoms with Crippen molar-refractivity contribution < 1.29 is 17.6 Å². The van der Waals surface area contributed by atoms with Gasteiger partial charge in [0, 0.05) is 6.54 Å². The predicted octanol–water partition coefficient (Wildman–Crippen LogP) is 3.45. The second-order valence-electron chi connectivity index (χ2n) is 6.57. The van der Waals surface area contributed by atoms with E-state index < -0.39 is 27.8 Å². The van der Waals surface area contributed by atoms with Crippen LogP contribution in [0.5, 0.6) is 0 Å². The Balaban J connectivity index is 1.81. The lowest BCUT2D eigenvalue weighted by Crippen LogP contribution is -2.47. The zero-order chi connectivity index (χ0) is 20.3. The molecule has 3 aromatic carbocycles. The van der Waals surface area contributed by atoms with E-state index in [2.05, 4.69) is 5.32 Å². The fourth-order valence-electron chi connectivity index (χ4n) is 3.17. The highest BCUT2D eigenvalue weighted by atomic mass is 32.2. The lowest BCUT2D eigenvalue weighted by Gasteiger charge is -2.28. The topological polar surface area (TPSA) is 66.5 Å². The van der Waals surface area contributed by atoms with Gasteiger partial charge in [-0.3, -0.25) is 9.10 Å². The normalized spacial score (nSPS) is 12.5. The van der Waals surface area contributed by atoms with Crippen molar-refractivity contribution in [1.29, 1.82) is 0 Å². The summed E-state index contributed by atoms with van der Waals surface area (Å²) in [5.74, 6) is -0.923. The van der Waals surface area contributed by atoms with Crippen LogP contribution in [0.1, 0.15) is 12.5 Å². The van der Waals surface area contributed by atoms with Crippen molar-refractivity contribution in [2.45, 2.75) is 19.5 Å². The van der Waals surface area contributed by atoms with Gasteiger partial charge in [0.25, 0.3) is 0 Å². The Morgan fingerprint density at radius 2 is 1.68 bits per heavy atom. The van der Waals surface area contributed by atoms with Crippen LogP contribution in [0.4, 0.5) is 10.1 Å². The van der Waals surface area contributed by atoms with Gasteiger partial charge in [0.2, 0.25) is 15.9 Å². The monoisotopic (exact) mass is 400 g/mol. The Labute approximate surface area is 163 Å². The molecule has 3 aromatic rings. The van der Waals surface area contributed by atoms with Crippen molar-refractivity contribution in [3.8, 4) is 0 Å². The van der Waals surface area contributed by atoms with Crippen molar-refractivity contribution >= 4 is 32.4 Å². The molecule has 3 rings (SSSR count). The van der Waals surface area contributed by atoms with Crippen LogP contribution in [-0.4, -0.2) is 26.6 Å². The van der Waals surface area contributed by atoms with Gasteiger partial charge < -0.3 is 5.32 Å². The molecule has 0 aromatic heterocycles. The van der Waals surface area contributed by atoms with Gasteiger partial charge >= 0.3 is 0 Å². The molecule has 0 aliphatic heterocycles. The smallest absolute Gasteiger partial charge is 0.243 e. The van der Waals surface area contributed by atoms with Gasteiger partial charge in [-0.25, -0.2) is 12.8 Å². The minimum absolute atomic E-state index is 0.233. The molecule has 0 radical (unpaired) electrons. The van der Waals surface area contributed by atoms with Gasteiger partial charge in [-0.15, -0.1) is 0 Å². The number of nitrogens with zero attached hydrogens (tertiary/aromatic N) is 1. The Morgan fingerprint density at radius 3 is 2.36 bits per heavy atom. The zero-order valence-electron chi connectivity index (χ0n) is 15.6. The summed E-state index contributed by atoms with van der Waals surface area (Å²) in [6.45, 7) is 1.77. The Kier molecular flexibility index (Phi) is 5.65. The molecule has 0 unspecified atom stereocenters. The van der Waals surface area contributed by atoms with E-state index in [0.717, 1.165) is 39.0 Å². The fraction of sp³-hybridized carbons (Fsp3) is 0.190. The van der Waals surface area contributed by atoms with Gasteiger partial charge in [-0.1, -0.05) is 42.5 Å². The number of benzene rings is 3. The number of carbonyl (C=O) groups excluding carboxylic acids is 1. The SMILES string of the molecule is C[C@H](C(=O)NCc1cccc2ccccc12)N(c1ccc(F)cc1)S(C)(=O)=O. The fourth-order valence-corrected chi connectivity index (χ4v) is 4.35. The summed E-state index contributed by atoms with van der Waals surface area (Å²) in [6, 6.07) is 17.7. The second-order valence-corrected chi connectivity index (χ2v) is 8.43. The maximum atomic E-state index is 13.2. The standard InChI is InChI=1S/C21H21FN2O3S/c1-15(24(28(2,26)27)19-12-10-18(22)11-13-19)21(25)23-14-17-8-5-7-16-6-3-4-9-20(16)17/h3-13,15H,14H2,1-2H3,(H,23,25)/t15-/m1/s1. The minimum atomic E-state index is -3.74. The molecule has 0 aliphatic rings. The summed E-state index contributed by atoms with van der Waals surface area (Å²) in [4.78, 5) is 12.7. The van der Waals surface area contributed by atoms with Gasteiger partial charge in [0.05, 0.1) is 11.9 Å². The third-order valence-corrected chi connectivity index (χ3v) is 5.74. The third-order valence-electron chi connectivity index (χ3n) is 4.50. The van der Waals surface area contributed by atoms with Crippen molar-refractivity contribution in [3.63, 3.8) is 0 Å². The van der Waals surface area contributed by atoms with E-state index in [1.54, 1.807) is 0 Å². The molecule has 5 nitrogen and oxygen atoms in total. The third kappa shape index (κ3) is 4.31. The first-order valence-corrected chi connectivity index (χ1v) is 10.6. The number of halogens is 1. The predicted molar refractivity (Wildman–Crippen MR) is 109 cm³/mol. The lowest BCUT2D eigenvalue weighted by molar-refractivity contribution is -0.122. The van der Waals surface area contributed by atoms with Crippen LogP contribution in [0.3, 0.4) is 0 Å². The maximum Gasteiger partial charge on any atom is 0.243 e. The van der Waals surface area contributed by atoms with E-state index in [1.165, 1.54) is 19.1 Å². The molecule has 28 heavy (non-hydrogen) atoms. The zero-order valence-corrected chi connectivity index (χ0v) is 16.4. The van der Waals surface area contributed by atoms with Crippen LogP contribution < -0.4 is 9.62 Å². The quantitative estimate of drug-likeness (QED) is 0.689. The molecule has 146 valence electrons. The molecule has 1 N–H and O–H groups in total. The number of nitrogens with one attached hydrogen (secondary N) is 1. The van der Waals surface area contributed by atoms with Crippen LogP contribution in [0.25, 0.3) is 10.8 Å². The van der Waals surface area contributed by atoms with Crippen LogP contribution in [0, 0.1) is 5.82 Å². The van der Waals surface area contributed by atoms with Gasteiger partial charge in [-0.05, 0) is 47.5 Å². The van der Waals surface area contributed by atoms with Crippen molar-refractivity contribution in [1.82, 2.24) is 5.32 Å². The van der Waals surface area contributed by atoms with Gasteiger partial charge in [0.15, 0.2) is 0 Å². The van der Waals surface area contributed by atoms with Crippen molar-refractivity contribution in [2.24, 2.45) is 0 Å². The minimum Gasteiger partial charge on any atom is -0.350 e. The average molecular weight is 400 g/mol. The number of rotatable bonds is 6. The maximum absolute atomic E-state index is 13.2. The number of carbonyl (C=O) groups is 1. The van der Waals surface area contributed by atoms with Crippen molar-refractivity contribution in [3.05, 3.63) is 78.1 Å². The highest BCUT2D eigenvalue weighted by Crippen LogP contribution is 2.22. The number of amides is 1. The van der Waals surface area contributed by atoms with E-state index in [4.69, 9.17) is 0 Å². The Bertz CT molecular complexity index is 1090. The summed E-state index contributed by atoms with van der Waals surface area (Å²) < 4.78 is 38.7. The van der Waals surface area contributed by atoms with Gasteiger partial charge in [0.1, 0.15) is 11.9 Å². The van der Waals surface area contributed by atoms with E-state index in [9.17, 15) is 17.6 Å². The molecule has 7 heteroatoms. The molecule has 0 saturated heterocycles. The summed E-state index contributed by atoms with van der Waals surface area (Å²) in [5, 5.41) is 4.89. The molecule has 0 saturated carbocycles. The van der Waals surface area contributed by atoms with E-state index in [1.807, 2.05) is 42.5 Å². The molecule has 0 bridgehead atoms. The van der Waals surface area contributed by atoms with Crippen LogP contribution in [0.15, 0.2) is 66.7 Å². The number of fused-ring (bicyclic) bond motifs is 1. The number of hydrogen-bond acceptors (Lipinski definition) is 3. The first-order valence-electron chi connectivity index (χ1n) is 8.76. The highest BCUT2D eigenvalue weighted by molar-refractivity contribution is 7.92. The largest absolute Gasteiger partial charge is 0.350 e. The van der Waals surface area contributed by atoms with Crippen LogP contribution >= 0.6 is 0 Å². The highest BCUT2D eigenvalue weighted by Gasteiger charge is 2.29. The number of sulfonamides is 1. The van der Waals surface area contributed by atoms with Crippen LogP contribution in [-0.2, 0) is 21.4 Å². The Morgan fingerprint density at radius 1 is 1.04 bits per heavy atom. The number of hydrogen-bond donors (Lipinski definition) is 1. The van der Waals surface area contributed by atoms with Crippen molar-refractivity contribution in [2.75, 3.05) is 10.6 Å². The number of anilines is 1. The Hall–Kier alpha value is -2.93. The summed E-state index contributed by atoms with van der Waals surface area (Å²) in [5.41, 5.74) is 1.17. The molecule has 1 amide bonds. The lowest BCUT2D eigenvalue weighted by atomic mass is 10.0. The van der Waals surface area contributed by atoms with E-state index in [0.29, 0.717) is 0 Å². The summed E-state index contributed by atoms with van der Waals surface area (Å²) in [6.07, 6.45) is 1.02. The first-order chi connectivity index (χ1) is 13.3. The average Bonchev–Trinajstić information content (AvgIpc) is 2.66. The second kappa shape index (κ2) is 7.98. The van der Waals surface area contributed by atoms with E-state index >= 15 is 0 Å². The molecular weight excluding hydrogens is 379 g/mol. The van der Waals surface area contributed by atoms with E-state index in [-0.39, 0.29) is 12.2 Å². The molecule has 1 atom stereocenters.